The minimum Gasteiger partial charge on any atom is -0.394 e. The van der Waals surface area contributed by atoms with Crippen LogP contribution in [-0.4, -0.2) is 87.5 Å². The molecular formula is C46H91NO8. The minimum atomic E-state index is -1.55. The van der Waals surface area contributed by atoms with Crippen LogP contribution in [0.5, 0.6) is 0 Å². The number of ether oxygens (including phenoxy) is 2. The van der Waals surface area contributed by atoms with Gasteiger partial charge in [-0.1, -0.05) is 213 Å². The van der Waals surface area contributed by atoms with Gasteiger partial charge in [-0.2, -0.15) is 0 Å². The summed E-state index contributed by atoms with van der Waals surface area (Å²) in [6.07, 6.45) is 34.0. The van der Waals surface area contributed by atoms with Gasteiger partial charge in [0.2, 0.25) is 5.91 Å². The van der Waals surface area contributed by atoms with E-state index in [1.807, 2.05) is 0 Å². The summed E-state index contributed by atoms with van der Waals surface area (Å²) in [7, 11) is 0. The molecule has 1 heterocycles. The zero-order valence-electron chi connectivity index (χ0n) is 36.0. The van der Waals surface area contributed by atoms with E-state index in [2.05, 4.69) is 19.2 Å². The van der Waals surface area contributed by atoms with Crippen molar-refractivity contribution in [3.63, 3.8) is 0 Å². The molecule has 7 unspecified atom stereocenters. The van der Waals surface area contributed by atoms with Crippen LogP contribution in [0.3, 0.4) is 0 Å². The Hall–Kier alpha value is -0.810. The minimum absolute atomic E-state index is 0.132. The third-order valence-corrected chi connectivity index (χ3v) is 11.7. The topological polar surface area (TPSA) is 149 Å². The number of unbranched alkanes of at least 4 members (excludes halogenated alkanes) is 30. The van der Waals surface area contributed by atoms with Crippen LogP contribution in [0.2, 0.25) is 0 Å². The maximum atomic E-state index is 13.0. The second-order valence-electron chi connectivity index (χ2n) is 16.9. The molecule has 9 nitrogen and oxygen atoms in total. The summed E-state index contributed by atoms with van der Waals surface area (Å²) < 4.78 is 11.3. The maximum Gasteiger partial charge on any atom is 0.220 e. The molecule has 1 aliphatic heterocycles. The van der Waals surface area contributed by atoms with E-state index in [1.165, 1.54) is 167 Å². The van der Waals surface area contributed by atoms with Crippen molar-refractivity contribution >= 4 is 5.91 Å². The van der Waals surface area contributed by atoms with Crippen LogP contribution in [0.15, 0.2) is 0 Å². The molecule has 0 bridgehead atoms. The summed E-state index contributed by atoms with van der Waals surface area (Å²) in [6, 6.07) is -0.710. The fourth-order valence-corrected chi connectivity index (χ4v) is 7.87. The Morgan fingerprint density at radius 3 is 1.29 bits per heavy atom. The molecule has 55 heavy (non-hydrogen) atoms. The number of hydrogen-bond acceptors (Lipinski definition) is 8. The van der Waals surface area contributed by atoms with Crippen LogP contribution in [-0.2, 0) is 14.3 Å². The quantitative estimate of drug-likeness (QED) is 0.0337. The number of aliphatic hydroxyl groups excluding tert-OH is 5. The summed E-state index contributed by atoms with van der Waals surface area (Å²) in [5, 5.41) is 54.3. The molecular weight excluding hydrogens is 695 g/mol. The lowest BCUT2D eigenvalue weighted by Gasteiger charge is -2.40. The van der Waals surface area contributed by atoms with E-state index in [4.69, 9.17) is 9.47 Å². The predicted molar refractivity (Wildman–Crippen MR) is 226 cm³/mol. The summed E-state index contributed by atoms with van der Waals surface area (Å²) >= 11 is 0. The molecule has 0 aromatic heterocycles. The molecule has 1 amide bonds. The number of hydrogen-bond donors (Lipinski definition) is 6. The van der Waals surface area contributed by atoms with Crippen LogP contribution in [0.1, 0.15) is 232 Å². The van der Waals surface area contributed by atoms with Crippen molar-refractivity contribution in [2.75, 3.05) is 13.2 Å². The van der Waals surface area contributed by atoms with E-state index in [-0.39, 0.29) is 12.5 Å². The predicted octanol–water partition coefficient (Wildman–Crippen LogP) is 9.95. The Morgan fingerprint density at radius 2 is 0.909 bits per heavy atom. The van der Waals surface area contributed by atoms with Gasteiger partial charge in [0.15, 0.2) is 6.29 Å². The lowest BCUT2D eigenvalue weighted by Crippen LogP contribution is -2.60. The monoisotopic (exact) mass is 786 g/mol. The molecule has 0 aromatic rings. The molecule has 0 aromatic carbocycles. The van der Waals surface area contributed by atoms with Crippen molar-refractivity contribution in [2.24, 2.45) is 0 Å². The summed E-state index contributed by atoms with van der Waals surface area (Å²) in [6.45, 7) is 3.85. The molecule has 0 radical (unpaired) electrons. The zero-order chi connectivity index (χ0) is 40.2. The van der Waals surface area contributed by atoms with E-state index < -0.39 is 49.5 Å². The van der Waals surface area contributed by atoms with Gasteiger partial charge in [-0.15, -0.1) is 0 Å². The van der Waals surface area contributed by atoms with Crippen LogP contribution >= 0.6 is 0 Å². The number of aliphatic hydroxyl groups is 5. The van der Waals surface area contributed by atoms with Crippen LogP contribution in [0.4, 0.5) is 0 Å². The molecule has 328 valence electrons. The molecule has 6 N–H and O–H groups in total. The van der Waals surface area contributed by atoms with Crippen LogP contribution in [0, 0.1) is 0 Å². The fraction of sp³-hybridized carbons (Fsp3) is 0.978. The smallest absolute Gasteiger partial charge is 0.220 e. The van der Waals surface area contributed by atoms with Gasteiger partial charge in [0.1, 0.15) is 24.4 Å². The first-order valence-electron chi connectivity index (χ1n) is 23.7. The molecule has 1 rings (SSSR count). The van der Waals surface area contributed by atoms with E-state index in [9.17, 15) is 30.3 Å². The standard InChI is InChI=1S/C46H91NO8/c1-3-5-7-9-11-13-15-17-18-19-20-21-22-23-24-26-28-30-32-34-36-42(50)47-39(38-54-46-45(53)44(52)43(51)41(37-48)55-46)40(49)35-33-31-29-27-25-16-14-12-10-8-6-4-2/h39-41,43-46,48-49,51-53H,3-38H2,1-2H3,(H,47,50). The Kier molecular flexibility index (Phi) is 35.6. The fourth-order valence-electron chi connectivity index (χ4n) is 7.87. The molecule has 0 aliphatic carbocycles. The molecule has 7 atom stereocenters. The summed E-state index contributed by atoms with van der Waals surface area (Å²) in [5.41, 5.74) is 0. The Labute approximate surface area is 338 Å². The second kappa shape index (κ2) is 37.5. The van der Waals surface area contributed by atoms with Gasteiger partial charge in [0.05, 0.1) is 25.4 Å². The van der Waals surface area contributed by atoms with E-state index in [0.29, 0.717) is 12.8 Å². The summed E-state index contributed by atoms with van der Waals surface area (Å²) in [4.78, 5) is 13.0. The average Bonchev–Trinajstić information content (AvgIpc) is 3.18. The third kappa shape index (κ3) is 28.3. The Balaban J connectivity index is 2.26. The molecule has 1 saturated heterocycles. The van der Waals surface area contributed by atoms with E-state index in [1.54, 1.807) is 0 Å². The zero-order valence-corrected chi connectivity index (χ0v) is 36.0. The van der Waals surface area contributed by atoms with Crippen molar-refractivity contribution < 1.29 is 39.8 Å². The molecule has 1 aliphatic rings. The van der Waals surface area contributed by atoms with Gasteiger partial charge in [-0.3, -0.25) is 4.79 Å². The lowest BCUT2D eigenvalue weighted by molar-refractivity contribution is -0.302. The normalized spacial score (nSPS) is 21.2. The molecule has 0 spiro atoms. The second-order valence-corrected chi connectivity index (χ2v) is 16.9. The van der Waals surface area contributed by atoms with Gasteiger partial charge in [-0.05, 0) is 12.8 Å². The number of carbonyl (C=O) groups is 1. The van der Waals surface area contributed by atoms with Gasteiger partial charge in [0.25, 0.3) is 0 Å². The summed E-state index contributed by atoms with van der Waals surface area (Å²) in [5.74, 6) is -0.140. The first-order chi connectivity index (χ1) is 26.8. The number of amides is 1. The molecule has 9 heteroatoms. The molecule has 1 fully saturated rings. The van der Waals surface area contributed by atoms with E-state index in [0.717, 1.165) is 38.5 Å². The SMILES string of the molecule is CCCCCCCCCCCCCCCCCCCCCCC(=O)NC(COC1OC(CO)C(O)C(O)C1O)C(O)CCCCCCCCCCCCCC. The number of carbonyl (C=O) groups excluding carboxylic acids is 1. The van der Waals surface area contributed by atoms with E-state index >= 15 is 0 Å². The number of nitrogens with one attached hydrogen (secondary N) is 1. The van der Waals surface area contributed by atoms with Gasteiger partial charge in [-0.25, -0.2) is 0 Å². The van der Waals surface area contributed by atoms with Crippen molar-refractivity contribution in [3.05, 3.63) is 0 Å². The van der Waals surface area contributed by atoms with Crippen molar-refractivity contribution in [3.8, 4) is 0 Å². The maximum absolute atomic E-state index is 13.0. The van der Waals surface area contributed by atoms with Gasteiger partial charge in [0, 0.05) is 6.42 Å². The highest BCUT2D eigenvalue weighted by atomic mass is 16.7. The van der Waals surface area contributed by atoms with Gasteiger partial charge >= 0.3 is 0 Å². The van der Waals surface area contributed by atoms with Gasteiger partial charge < -0.3 is 40.3 Å². The highest BCUT2D eigenvalue weighted by Gasteiger charge is 2.44. The third-order valence-electron chi connectivity index (χ3n) is 11.7. The van der Waals surface area contributed by atoms with Crippen molar-refractivity contribution in [2.45, 2.75) is 275 Å². The van der Waals surface area contributed by atoms with Crippen LogP contribution < -0.4 is 5.32 Å². The first kappa shape index (κ1) is 52.2. The first-order valence-corrected chi connectivity index (χ1v) is 23.7. The average molecular weight is 786 g/mol. The number of rotatable bonds is 40. The van der Waals surface area contributed by atoms with Crippen molar-refractivity contribution in [1.82, 2.24) is 5.32 Å². The Bertz CT molecular complexity index is 832. The lowest BCUT2D eigenvalue weighted by atomic mass is 9.99. The molecule has 0 saturated carbocycles. The highest BCUT2D eigenvalue weighted by Crippen LogP contribution is 2.23. The Morgan fingerprint density at radius 1 is 0.545 bits per heavy atom. The van der Waals surface area contributed by atoms with Crippen molar-refractivity contribution in [1.29, 1.82) is 0 Å². The highest BCUT2D eigenvalue weighted by molar-refractivity contribution is 5.76. The van der Waals surface area contributed by atoms with Crippen LogP contribution in [0.25, 0.3) is 0 Å². The largest absolute Gasteiger partial charge is 0.394 e.